The summed E-state index contributed by atoms with van der Waals surface area (Å²) in [5.74, 6) is -1.60. The number of benzene rings is 1. The van der Waals surface area contributed by atoms with Crippen molar-refractivity contribution >= 4 is 23.3 Å². The molecule has 0 fully saturated rings. The molecule has 0 unspecified atom stereocenters. The zero-order valence-corrected chi connectivity index (χ0v) is 14.2. The molecule has 25 heavy (non-hydrogen) atoms. The Labute approximate surface area is 148 Å². The molecule has 0 saturated carbocycles. The Balaban J connectivity index is 2.67. The molecule has 1 heterocycles. The van der Waals surface area contributed by atoms with Crippen LogP contribution in [0.1, 0.15) is 25.3 Å². The van der Waals surface area contributed by atoms with E-state index in [0.29, 0.717) is 5.56 Å². The molecular formula is C16H14ClN3O5. The maximum atomic E-state index is 12.4. The third-order valence-electron chi connectivity index (χ3n) is 3.61. The van der Waals surface area contributed by atoms with Crippen LogP contribution in [-0.2, 0) is 14.3 Å². The summed E-state index contributed by atoms with van der Waals surface area (Å²) in [4.78, 5) is 22.7. The lowest BCUT2D eigenvalue weighted by atomic mass is 9.83. The number of carbonyl (C=O) groups excluding carboxylic acids is 1. The molecule has 2 N–H and O–H groups in total. The summed E-state index contributed by atoms with van der Waals surface area (Å²) in [5, 5.41) is 20.4. The fourth-order valence-corrected chi connectivity index (χ4v) is 2.81. The summed E-state index contributed by atoms with van der Waals surface area (Å²) in [6, 6.07) is 5.68. The number of nitrogens with two attached hydrogens (primary N) is 1. The van der Waals surface area contributed by atoms with Gasteiger partial charge in [0.25, 0.3) is 5.69 Å². The molecule has 1 aromatic rings. The number of nitro groups is 1. The van der Waals surface area contributed by atoms with Crippen LogP contribution >= 0.6 is 11.6 Å². The van der Waals surface area contributed by atoms with Gasteiger partial charge in [-0.2, -0.15) is 5.26 Å². The highest BCUT2D eigenvalue weighted by Gasteiger charge is 2.37. The lowest BCUT2D eigenvalue weighted by Gasteiger charge is -2.27. The van der Waals surface area contributed by atoms with E-state index >= 15 is 0 Å². The summed E-state index contributed by atoms with van der Waals surface area (Å²) in [7, 11) is 0. The standard InChI is InChI=1S/C16H14ClN3O5/c1-3-24-16(21)13-8(2)25-15(19)11(7-18)14(13)10-5-4-9(20(22)23)6-12(10)17/h4-6,14H,3,19H2,1-2H3/t14-/m1/s1. The van der Waals surface area contributed by atoms with E-state index in [4.69, 9.17) is 26.8 Å². The van der Waals surface area contributed by atoms with Crippen LogP contribution in [0.3, 0.4) is 0 Å². The average Bonchev–Trinajstić information content (AvgIpc) is 2.54. The molecule has 0 spiro atoms. The molecule has 1 aliphatic rings. The molecule has 2 rings (SSSR count). The van der Waals surface area contributed by atoms with Crippen molar-refractivity contribution in [3.63, 3.8) is 0 Å². The SMILES string of the molecule is CCOC(=O)C1=C(C)OC(N)=C(C#N)[C@H]1c1ccc([N+](=O)[O-])cc1Cl. The van der Waals surface area contributed by atoms with Crippen molar-refractivity contribution in [3.8, 4) is 6.07 Å². The van der Waals surface area contributed by atoms with Crippen molar-refractivity contribution in [1.29, 1.82) is 5.26 Å². The number of nitrogens with zero attached hydrogens (tertiary/aromatic N) is 2. The van der Waals surface area contributed by atoms with Gasteiger partial charge < -0.3 is 15.2 Å². The largest absolute Gasteiger partial charge is 0.463 e. The van der Waals surface area contributed by atoms with Gasteiger partial charge in [0.15, 0.2) is 0 Å². The van der Waals surface area contributed by atoms with E-state index in [1.807, 2.05) is 6.07 Å². The van der Waals surface area contributed by atoms with Crippen molar-refractivity contribution < 1.29 is 19.2 Å². The Morgan fingerprint density at radius 1 is 1.56 bits per heavy atom. The Morgan fingerprint density at radius 2 is 2.24 bits per heavy atom. The topological polar surface area (TPSA) is 128 Å². The number of ether oxygens (including phenoxy) is 2. The number of allylic oxidation sites excluding steroid dienone is 2. The number of hydrogen-bond acceptors (Lipinski definition) is 7. The molecule has 0 aromatic heterocycles. The number of nitro benzene ring substituents is 1. The number of rotatable bonds is 4. The van der Waals surface area contributed by atoms with Gasteiger partial charge in [0, 0.05) is 12.1 Å². The first-order chi connectivity index (χ1) is 11.8. The molecule has 9 heteroatoms. The summed E-state index contributed by atoms with van der Waals surface area (Å²) < 4.78 is 10.3. The molecule has 8 nitrogen and oxygen atoms in total. The van der Waals surface area contributed by atoms with E-state index in [1.165, 1.54) is 19.1 Å². The second-order valence-electron chi connectivity index (χ2n) is 5.08. The molecular weight excluding hydrogens is 350 g/mol. The number of non-ortho nitro benzene ring substituents is 1. The predicted molar refractivity (Wildman–Crippen MR) is 88.1 cm³/mol. The van der Waals surface area contributed by atoms with Crippen LogP contribution in [0.4, 0.5) is 5.69 Å². The molecule has 0 saturated heterocycles. The van der Waals surface area contributed by atoms with Gasteiger partial charge in [-0.1, -0.05) is 11.6 Å². The minimum atomic E-state index is -0.939. The van der Waals surface area contributed by atoms with Gasteiger partial charge >= 0.3 is 5.97 Å². The zero-order valence-electron chi connectivity index (χ0n) is 13.4. The smallest absolute Gasteiger partial charge is 0.338 e. The quantitative estimate of drug-likeness (QED) is 0.494. The number of carbonyl (C=O) groups is 1. The molecule has 0 radical (unpaired) electrons. The molecule has 1 atom stereocenters. The minimum Gasteiger partial charge on any atom is -0.463 e. The first-order valence-corrected chi connectivity index (χ1v) is 7.58. The highest BCUT2D eigenvalue weighted by atomic mass is 35.5. The minimum absolute atomic E-state index is 0.0237. The van der Waals surface area contributed by atoms with E-state index in [-0.39, 0.29) is 40.1 Å². The highest BCUT2D eigenvalue weighted by Crippen LogP contribution is 2.42. The Bertz CT molecular complexity index is 854. The first kappa shape index (κ1) is 18.3. The van der Waals surface area contributed by atoms with Gasteiger partial charge in [-0.05, 0) is 25.5 Å². The molecule has 0 aliphatic carbocycles. The van der Waals surface area contributed by atoms with E-state index in [9.17, 15) is 20.2 Å². The van der Waals surface area contributed by atoms with Gasteiger partial charge in [0.1, 0.15) is 17.4 Å². The number of hydrogen-bond donors (Lipinski definition) is 1. The predicted octanol–water partition coefficient (Wildman–Crippen LogP) is 2.89. The molecule has 1 aliphatic heterocycles. The summed E-state index contributed by atoms with van der Waals surface area (Å²) in [6.45, 7) is 3.28. The van der Waals surface area contributed by atoms with Crippen LogP contribution in [0.15, 0.2) is 41.0 Å². The van der Waals surface area contributed by atoms with Crippen molar-refractivity contribution in [2.45, 2.75) is 19.8 Å². The van der Waals surface area contributed by atoms with Crippen LogP contribution in [-0.4, -0.2) is 17.5 Å². The van der Waals surface area contributed by atoms with Crippen LogP contribution in [0.25, 0.3) is 0 Å². The second kappa shape index (κ2) is 7.23. The number of nitriles is 1. The monoisotopic (exact) mass is 363 g/mol. The fraction of sp³-hybridized carbons (Fsp3) is 0.250. The lowest BCUT2D eigenvalue weighted by Crippen LogP contribution is -2.25. The molecule has 0 bridgehead atoms. The number of halogens is 1. The molecule has 1 aromatic carbocycles. The van der Waals surface area contributed by atoms with Crippen molar-refractivity contribution in [1.82, 2.24) is 0 Å². The van der Waals surface area contributed by atoms with E-state index in [1.54, 1.807) is 6.92 Å². The van der Waals surface area contributed by atoms with Crippen molar-refractivity contribution in [3.05, 3.63) is 61.7 Å². The van der Waals surface area contributed by atoms with Crippen LogP contribution < -0.4 is 5.73 Å². The maximum absolute atomic E-state index is 12.4. The van der Waals surface area contributed by atoms with E-state index < -0.39 is 16.8 Å². The average molecular weight is 364 g/mol. The lowest BCUT2D eigenvalue weighted by molar-refractivity contribution is -0.384. The normalized spacial score (nSPS) is 17.0. The van der Waals surface area contributed by atoms with Crippen LogP contribution in [0.5, 0.6) is 0 Å². The fourth-order valence-electron chi connectivity index (χ4n) is 2.53. The van der Waals surface area contributed by atoms with Crippen molar-refractivity contribution in [2.75, 3.05) is 6.61 Å². The third kappa shape index (κ3) is 3.41. The Morgan fingerprint density at radius 3 is 2.76 bits per heavy atom. The van der Waals surface area contributed by atoms with Crippen molar-refractivity contribution in [2.24, 2.45) is 5.73 Å². The van der Waals surface area contributed by atoms with E-state index in [0.717, 1.165) is 6.07 Å². The Hall–Kier alpha value is -3.05. The third-order valence-corrected chi connectivity index (χ3v) is 3.93. The molecule has 0 amide bonds. The number of esters is 1. The first-order valence-electron chi connectivity index (χ1n) is 7.21. The summed E-state index contributed by atoms with van der Waals surface area (Å²) in [6.07, 6.45) is 0. The Kier molecular flexibility index (Phi) is 5.29. The van der Waals surface area contributed by atoms with Gasteiger partial charge in [-0.3, -0.25) is 10.1 Å². The zero-order chi connectivity index (χ0) is 18.7. The van der Waals surface area contributed by atoms with Gasteiger partial charge in [0.05, 0.1) is 28.0 Å². The van der Waals surface area contributed by atoms with Crippen LogP contribution in [0, 0.1) is 21.4 Å². The molecule has 130 valence electrons. The van der Waals surface area contributed by atoms with Gasteiger partial charge in [0.2, 0.25) is 5.88 Å². The maximum Gasteiger partial charge on any atom is 0.338 e. The van der Waals surface area contributed by atoms with Gasteiger partial charge in [-0.25, -0.2) is 4.79 Å². The second-order valence-corrected chi connectivity index (χ2v) is 5.49. The summed E-state index contributed by atoms with van der Waals surface area (Å²) in [5.41, 5.74) is 5.92. The van der Waals surface area contributed by atoms with Gasteiger partial charge in [-0.15, -0.1) is 0 Å². The van der Waals surface area contributed by atoms with E-state index in [2.05, 4.69) is 0 Å². The highest BCUT2D eigenvalue weighted by molar-refractivity contribution is 6.31. The summed E-state index contributed by atoms with van der Waals surface area (Å²) >= 11 is 6.18. The van der Waals surface area contributed by atoms with Crippen LogP contribution in [0.2, 0.25) is 5.02 Å².